The maximum atomic E-state index is 13.2. The second-order valence-electron chi connectivity index (χ2n) is 9.23. The first-order valence-corrected chi connectivity index (χ1v) is 13.0. The predicted octanol–water partition coefficient (Wildman–Crippen LogP) is 0.130. The molecule has 3 rings (SSSR count). The van der Waals surface area contributed by atoms with Crippen molar-refractivity contribution in [1.29, 1.82) is 0 Å². The van der Waals surface area contributed by atoms with E-state index in [1.807, 2.05) is 24.3 Å². The summed E-state index contributed by atoms with van der Waals surface area (Å²) >= 11 is 3.96. The molecule has 5 unspecified atom stereocenters. The number of rotatable bonds is 13. The van der Waals surface area contributed by atoms with Crippen LogP contribution in [0, 0.1) is 0 Å². The zero-order valence-electron chi connectivity index (χ0n) is 21.3. The number of benzene rings is 2. The van der Waals surface area contributed by atoms with Gasteiger partial charge in [-0.3, -0.25) is 14.4 Å². The smallest absolute Gasteiger partial charge is 0.327 e. The van der Waals surface area contributed by atoms with Crippen LogP contribution in [0.15, 0.2) is 60.8 Å². The summed E-state index contributed by atoms with van der Waals surface area (Å²) in [6.45, 7) is 1.32. The maximum Gasteiger partial charge on any atom is 0.327 e. The van der Waals surface area contributed by atoms with Crippen molar-refractivity contribution in [1.82, 2.24) is 20.9 Å². The summed E-state index contributed by atoms with van der Waals surface area (Å²) in [5, 5.41) is 27.9. The molecule has 11 nitrogen and oxygen atoms in total. The second-order valence-corrected chi connectivity index (χ2v) is 9.60. The monoisotopic (exact) mass is 555 g/mol. The highest BCUT2D eigenvalue weighted by atomic mass is 32.1. The highest BCUT2D eigenvalue weighted by Gasteiger charge is 2.32. The van der Waals surface area contributed by atoms with E-state index >= 15 is 0 Å². The number of aliphatic hydroxyl groups is 1. The first-order valence-electron chi connectivity index (χ1n) is 12.4. The fourth-order valence-corrected chi connectivity index (χ4v) is 4.32. The summed E-state index contributed by atoms with van der Waals surface area (Å²) in [5.41, 5.74) is 8.55. The lowest BCUT2D eigenvalue weighted by Crippen LogP contribution is -2.60. The molecule has 2 aromatic carbocycles. The lowest BCUT2D eigenvalue weighted by atomic mass is 10.0. The summed E-state index contributed by atoms with van der Waals surface area (Å²) in [6, 6.07) is 11.4. The van der Waals surface area contributed by atoms with Crippen LogP contribution in [0.2, 0.25) is 0 Å². The molecule has 3 amide bonds. The lowest BCUT2D eigenvalue weighted by Gasteiger charge is -2.26. The molecule has 1 heterocycles. The van der Waals surface area contributed by atoms with Gasteiger partial charge in [0.1, 0.15) is 18.1 Å². The molecule has 0 saturated heterocycles. The predicted molar refractivity (Wildman–Crippen MR) is 149 cm³/mol. The summed E-state index contributed by atoms with van der Waals surface area (Å²) < 4.78 is 0. The molecular formula is C27H33N5O6S. The molecule has 8 N–H and O–H groups in total. The van der Waals surface area contributed by atoms with Crippen molar-refractivity contribution in [3.05, 3.63) is 71.9 Å². The molecular weight excluding hydrogens is 522 g/mol. The zero-order valence-corrected chi connectivity index (χ0v) is 22.2. The van der Waals surface area contributed by atoms with Crippen molar-refractivity contribution in [2.24, 2.45) is 5.73 Å². The fourth-order valence-electron chi connectivity index (χ4n) is 4.07. The van der Waals surface area contributed by atoms with Crippen LogP contribution in [0.5, 0.6) is 0 Å². The number of para-hydroxylation sites is 1. The van der Waals surface area contributed by atoms with E-state index in [-0.39, 0.29) is 18.6 Å². The number of aromatic nitrogens is 1. The molecule has 5 atom stereocenters. The summed E-state index contributed by atoms with van der Waals surface area (Å²) in [5.74, 6) is -3.67. The summed E-state index contributed by atoms with van der Waals surface area (Å²) in [6.07, 6.45) is 0.666. The average molecular weight is 556 g/mol. The minimum atomic E-state index is -1.42. The molecule has 39 heavy (non-hydrogen) atoms. The number of H-pyrrole nitrogens is 1. The van der Waals surface area contributed by atoms with Crippen molar-refractivity contribution in [2.75, 3.05) is 5.75 Å². The van der Waals surface area contributed by atoms with Gasteiger partial charge >= 0.3 is 5.97 Å². The Labute approximate surface area is 231 Å². The van der Waals surface area contributed by atoms with E-state index in [1.165, 1.54) is 6.92 Å². The summed E-state index contributed by atoms with van der Waals surface area (Å²) in [4.78, 5) is 53.6. The van der Waals surface area contributed by atoms with Crippen LogP contribution in [-0.2, 0) is 32.0 Å². The molecule has 0 spiro atoms. The number of aromatic amines is 1. The van der Waals surface area contributed by atoms with Crippen molar-refractivity contribution in [2.45, 2.75) is 50.0 Å². The normalized spacial score (nSPS) is 15.0. The molecule has 0 bridgehead atoms. The third-order valence-corrected chi connectivity index (χ3v) is 6.59. The average Bonchev–Trinajstić information content (AvgIpc) is 3.32. The minimum Gasteiger partial charge on any atom is -0.480 e. The van der Waals surface area contributed by atoms with Gasteiger partial charge in [0.05, 0.1) is 12.1 Å². The van der Waals surface area contributed by atoms with Crippen molar-refractivity contribution in [3.8, 4) is 0 Å². The van der Waals surface area contributed by atoms with Gasteiger partial charge in [0.15, 0.2) is 0 Å². The van der Waals surface area contributed by atoms with Crippen LogP contribution in [0.4, 0.5) is 0 Å². The number of amides is 3. The van der Waals surface area contributed by atoms with Gasteiger partial charge in [0, 0.05) is 29.3 Å². The van der Waals surface area contributed by atoms with Crippen LogP contribution in [-0.4, -0.2) is 74.9 Å². The summed E-state index contributed by atoms with van der Waals surface area (Å²) in [7, 11) is 0. The van der Waals surface area contributed by atoms with Crippen LogP contribution >= 0.6 is 12.6 Å². The van der Waals surface area contributed by atoms with E-state index in [0.29, 0.717) is 5.56 Å². The topological polar surface area (TPSA) is 187 Å². The van der Waals surface area contributed by atoms with E-state index in [0.717, 1.165) is 16.5 Å². The number of carbonyl (C=O) groups is 4. The van der Waals surface area contributed by atoms with Gasteiger partial charge in [0.2, 0.25) is 17.7 Å². The Morgan fingerprint density at radius 2 is 1.54 bits per heavy atom. The standard InChI is InChI=1S/C27H33N5O6S/c1-15(33)23(32-24(34)19(28)12-17-13-29-20-10-6-5-9-18(17)20)26(36)30-21(11-16-7-3-2-4-8-16)25(35)31-22(14-39)27(37)38/h2-10,13,15,19,21-23,29,33,39H,11-12,14,28H2,1H3,(H,30,36)(H,31,35)(H,32,34)(H,37,38). The number of carbonyl (C=O) groups excluding carboxylic acids is 3. The lowest BCUT2D eigenvalue weighted by molar-refractivity contribution is -0.141. The highest BCUT2D eigenvalue weighted by Crippen LogP contribution is 2.19. The van der Waals surface area contributed by atoms with Crippen LogP contribution in [0.1, 0.15) is 18.1 Å². The van der Waals surface area contributed by atoms with Crippen LogP contribution in [0.3, 0.4) is 0 Å². The van der Waals surface area contributed by atoms with E-state index in [4.69, 9.17) is 5.73 Å². The Hall–Kier alpha value is -3.87. The Bertz CT molecular complexity index is 1300. The number of aliphatic carboxylic acids is 1. The number of carboxylic acids is 1. The van der Waals surface area contributed by atoms with Gasteiger partial charge < -0.3 is 36.9 Å². The van der Waals surface area contributed by atoms with Gasteiger partial charge in [-0.15, -0.1) is 0 Å². The van der Waals surface area contributed by atoms with E-state index < -0.39 is 54.0 Å². The van der Waals surface area contributed by atoms with E-state index in [2.05, 4.69) is 33.6 Å². The first kappa shape index (κ1) is 29.7. The zero-order chi connectivity index (χ0) is 28.5. The number of nitrogens with one attached hydrogen (secondary N) is 4. The third-order valence-electron chi connectivity index (χ3n) is 6.23. The van der Waals surface area contributed by atoms with E-state index in [1.54, 1.807) is 36.5 Å². The Balaban J connectivity index is 1.72. The molecule has 0 aliphatic heterocycles. The molecule has 0 saturated carbocycles. The molecule has 0 fully saturated rings. The van der Waals surface area contributed by atoms with Gasteiger partial charge in [-0.1, -0.05) is 48.5 Å². The number of hydrogen-bond acceptors (Lipinski definition) is 7. The molecule has 0 radical (unpaired) electrons. The van der Waals surface area contributed by atoms with E-state index in [9.17, 15) is 29.4 Å². The fraction of sp³-hybridized carbons (Fsp3) is 0.333. The molecule has 1 aromatic heterocycles. The highest BCUT2D eigenvalue weighted by molar-refractivity contribution is 7.80. The number of hydrogen-bond donors (Lipinski definition) is 8. The number of thiol groups is 1. The number of aliphatic hydroxyl groups excluding tert-OH is 1. The minimum absolute atomic E-state index is 0.0396. The number of carboxylic acid groups (broad SMARTS) is 1. The second kappa shape index (κ2) is 13.8. The number of nitrogens with two attached hydrogens (primary N) is 1. The van der Waals surface area contributed by atoms with Crippen LogP contribution < -0.4 is 21.7 Å². The maximum absolute atomic E-state index is 13.2. The largest absolute Gasteiger partial charge is 0.480 e. The van der Waals surface area contributed by atoms with Crippen molar-refractivity contribution in [3.63, 3.8) is 0 Å². The third kappa shape index (κ3) is 8.06. The first-order chi connectivity index (χ1) is 18.6. The molecule has 3 aromatic rings. The Morgan fingerprint density at radius 3 is 2.18 bits per heavy atom. The molecule has 208 valence electrons. The van der Waals surface area contributed by atoms with Gasteiger partial charge in [-0.25, -0.2) is 4.79 Å². The Morgan fingerprint density at radius 1 is 0.897 bits per heavy atom. The Kier molecular flexibility index (Phi) is 10.5. The molecule has 0 aliphatic rings. The van der Waals surface area contributed by atoms with Gasteiger partial charge in [0.25, 0.3) is 0 Å². The van der Waals surface area contributed by atoms with Gasteiger partial charge in [-0.2, -0.15) is 12.6 Å². The molecule has 0 aliphatic carbocycles. The van der Waals surface area contributed by atoms with Crippen molar-refractivity contribution >= 4 is 47.2 Å². The SMILES string of the molecule is CC(O)C(NC(=O)C(N)Cc1c[nH]c2ccccc12)C(=O)NC(Cc1ccccc1)C(=O)NC(CS)C(=O)O. The van der Waals surface area contributed by atoms with Crippen molar-refractivity contribution < 1.29 is 29.4 Å². The quantitative estimate of drug-likeness (QED) is 0.138. The van der Waals surface area contributed by atoms with Gasteiger partial charge in [-0.05, 0) is 30.5 Å². The number of fused-ring (bicyclic) bond motifs is 1. The molecule has 12 heteroatoms. The van der Waals surface area contributed by atoms with Crippen LogP contribution in [0.25, 0.3) is 10.9 Å².